The largest absolute Gasteiger partial charge is 0.392 e. The van der Waals surface area contributed by atoms with Gasteiger partial charge in [0, 0.05) is 6.54 Å². The molecule has 1 fully saturated rings. The fraction of sp³-hybridized carbons (Fsp3) is 1.00. The zero-order valence-corrected chi connectivity index (χ0v) is 12.8. The Morgan fingerprint density at radius 1 is 1.17 bits per heavy atom. The van der Waals surface area contributed by atoms with E-state index in [0.29, 0.717) is 5.41 Å². The summed E-state index contributed by atoms with van der Waals surface area (Å²) < 4.78 is 0. The van der Waals surface area contributed by atoms with E-state index in [1.807, 2.05) is 0 Å². The Morgan fingerprint density at radius 3 is 2.28 bits per heavy atom. The van der Waals surface area contributed by atoms with E-state index in [9.17, 15) is 5.11 Å². The summed E-state index contributed by atoms with van der Waals surface area (Å²) in [6, 6.07) is 0. The molecular weight excluding hydrogens is 222 g/mol. The normalized spacial score (nSPS) is 27.2. The van der Waals surface area contributed by atoms with Crippen molar-refractivity contribution in [2.24, 2.45) is 17.3 Å². The van der Waals surface area contributed by atoms with Crippen LogP contribution in [0, 0.1) is 17.3 Å². The van der Waals surface area contributed by atoms with Gasteiger partial charge in [0.15, 0.2) is 0 Å². The van der Waals surface area contributed by atoms with Crippen LogP contribution in [0.4, 0.5) is 0 Å². The minimum Gasteiger partial charge on any atom is -0.392 e. The van der Waals surface area contributed by atoms with Gasteiger partial charge in [-0.05, 0) is 55.9 Å². The maximum atomic E-state index is 9.66. The molecular formula is C16H33NO. The summed E-state index contributed by atoms with van der Waals surface area (Å²) in [7, 11) is 0. The first-order chi connectivity index (χ1) is 8.43. The van der Waals surface area contributed by atoms with Gasteiger partial charge < -0.3 is 10.4 Å². The van der Waals surface area contributed by atoms with Crippen LogP contribution in [0.5, 0.6) is 0 Å². The monoisotopic (exact) mass is 255 g/mol. The Hall–Kier alpha value is -0.0800. The molecule has 0 aliphatic heterocycles. The summed E-state index contributed by atoms with van der Waals surface area (Å²) in [5, 5.41) is 13.1. The lowest BCUT2D eigenvalue weighted by atomic mass is 9.70. The van der Waals surface area contributed by atoms with Gasteiger partial charge in [-0.3, -0.25) is 0 Å². The predicted molar refractivity (Wildman–Crippen MR) is 78.7 cm³/mol. The van der Waals surface area contributed by atoms with Crippen molar-refractivity contribution >= 4 is 0 Å². The van der Waals surface area contributed by atoms with Crippen LogP contribution in [0.2, 0.25) is 0 Å². The highest BCUT2D eigenvalue weighted by atomic mass is 16.3. The average Bonchev–Trinajstić information content (AvgIpc) is 2.29. The summed E-state index contributed by atoms with van der Waals surface area (Å²) in [5.74, 6) is 1.73. The molecule has 0 heterocycles. The molecule has 0 radical (unpaired) electrons. The molecule has 0 aromatic carbocycles. The SMILES string of the molecule is CCCC(O)CNCC1CCC(C(C)(C)C)CC1. The highest BCUT2D eigenvalue weighted by molar-refractivity contribution is 4.81. The lowest BCUT2D eigenvalue weighted by Crippen LogP contribution is -2.34. The first kappa shape index (κ1) is 16.0. The number of nitrogens with one attached hydrogen (secondary N) is 1. The van der Waals surface area contributed by atoms with Crippen LogP contribution in [0.1, 0.15) is 66.2 Å². The molecule has 2 heteroatoms. The van der Waals surface area contributed by atoms with Crippen molar-refractivity contribution in [1.82, 2.24) is 5.32 Å². The van der Waals surface area contributed by atoms with Crippen LogP contribution in [0.25, 0.3) is 0 Å². The molecule has 1 unspecified atom stereocenters. The molecule has 1 rings (SSSR count). The van der Waals surface area contributed by atoms with Crippen molar-refractivity contribution < 1.29 is 5.11 Å². The van der Waals surface area contributed by atoms with Crippen molar-refractivity contribution in [1.29, 1.82) is 0 Å². The van der Waals surface area contributed by atoms with Gasteiger partial charge in [0.25, 0.3) is 0 Å². The zero-order valence-electron chi connectivity index (χ0n) is 12.8. The highest BCUT2D eigenvalue weighted by Gasteiger charge is 2.29. The van der Waals surface area contributed by atoms with Gasteiger partial charge in [-0.15, -0.1) is 0 Å². The zero-order chi connectivity index (χ0) is 13.6. The lowest BCUT2D eigenvalue weighted by molar-refractivity contribution is 0.138. The van der Waals surface area contributed by atoms with Gasteiger partial charge in [-0.1, -0.05) is 34.1 Å². The molecule has 0 aromatic rings. The summed E-state index contributed by atoms with van der Waals surface area (Å²) in [4.78, 5) is 0. The third-order valence-corrected chi connectivity index (χ3v) is 4.51. The summed E-state index contributed by atoms with van der Waals surface area (Å²) in [6.45, 7) is 11.1. The molecule has 1 aliphatic rings. The third-order valence-electron chi connectivity index (χ3n) is 4.51. The number of aliphatic hydroxyl groups excluding tert-OH is 1. The van der Waals surface area contributed by atoms with Crippen LogP contribution < -0.4 is 5.32 Å². The molecule has 0 aromatic heterocycles. The Morgan fingerprint density at radius 2 is 1.78 bits per heavy atom. The van der Waals surface area contributed by atoms with Crippen LogP contribution in [0.15, 0.2) is 0 Å². The van der Waals surface area contributed by atoms with Gasteiger partial charge in [-0.2, -0.15) is 0 Å². The minimum atomic E-state index is -0.152. The molecule has 1 aliphatic carbocycles. The fourth-order valence-electron chi connectivity index (χ4n) is 3.12. The van der Waals surface area contributed by atoms with Gasteiger partial charge in [0.05, 0.1) is 6.10 Å². The highest BCUT2D eigenvalue weighted by Crippen LogP contribution is 2.39. The van der Waals surface area contributed by atoms with E-state index in [1.54, 1.807) is 0 Å². The standard InChI is InChI=1S/C16H33NO/c1-5-6-15(18)12-17-11-13-7-9-14(10-8-13)16(2,3)4/h13-15,17-18H,5-12H2,1-4H3. The van der Waals surface area contributed by atoms with Crippen LogP contribution in [0.3, 0.4) is 0 Å². The lowest BCUT2D eigenvalue weighted by Gasteiger charge is -2.37. The second-order valence-electron chi connectivity index (χ2n) is 7.18. The van der Waals surface area contributed by atoms with Gasteiger partial charge in [0.1, 0.15) is 0 Å². The second-order valence-corrected chi connectivity index (χ2v) is 7.18. The van der Waals surface area contributed by atoms with Gasteiger partial charge in [0.2, 0.25) is 0 Å². The first-order valence-electron chi connectivity index (χ1n) is 7.82. The topological polar surface area (TPSA) is 32.3 Å². The van der Waals surface area contributed by atoms with Crippen molar-refractivity contribution in [3.8, 4) is 0 Å². The van der Waals surface area contributed by atoms with E-state index in [2.05, 4.69) is 33.0 Å². The minimum absolute atomic E-state index is 0.152. The third kappa shape index (κ3) is 5.71. The van der Waals surface area contributed by atoms with Crippen LogP contribution in [-0.2, 0) is 0 Å². The van der Waals surface area contributed by atoms with Gasteiger partial charge in [-0.25, -0.2) is 0 Å². The first-order valence-corrected chi connectivity index (χ1v) is 7.82. The molecule has 2 N–H and O–H groups in total. The van der Waals surface area contributed by atoms with E-state index in [4.69, 9.17) is 0 Å². The average molecular weight is 255 g/mol. The predicted octanol–water partition coefficient (Wildman–Crippen LogP) is 3.59. The number of aliphatic hydroxyl groups is 1. The summed E-state index contributed by atoms with van der Waals surface area (Å²) >= 11 is 0. The van der Waals surface area contributed by atoms with E-state index in [0.717, 1.165) is 37.8 Å². The van der Waals surface area contributed by atoms with E-state index >= 15 is 0 Å². The molecule has 1 atom stereocenters. The molecule has 2 nitrogen and oxygen atoms in total. The van der Waals surface area contributed by atoms with E-state index in [1.165, 1.54) is 25.7 Å². The molecule has 0 saturated heterocycles. The number of hydrogen-bond donors (Lipinski definition) is 2. The van der Waals surface area contributed by atoms with Crippen LogP contribution in [-0.4, -0.2) is 24.3 Å². The van der Waals surface area contributed by atoms with E-state index < -0.39 is 0 Å². The second kappa shape index (κ2) is 7.49. The Labute approximate surface area is 114 Å². The maximum absolute atomic E-state index is 9.66. The van der Waals surface area contributed by atoms with E-state index in [-0.39, 0.29) is 6.10 Å². The van der Waals surface area contributed by atoms with Crippen molar-refractivity contribution in [3.63, 3.8) is 0 Å². The van der Waals surface area contributed by atoms with Crippen molar-refractivity contribution in [2.45, 2.75) is 72.3 Å². The van der Waals surface area contributed by atoms with Crippen molar-refractivity contribution in [3.05, 3.63) is 0 Å². The Bertz CT molecular complexity index is 214. The molecule has 0 amide bonds. The molecule has 0 bridgehead atoms. The molecule has 1 saturated carbocycles. The summed E-state index contributed by atoms with van der Waals surface area (Å²) in [5.41, 5.74) is 0.482. The number of rotatable bonds is 6. The van der Waals surface area contributed by atoms with Crippen molar-refractivity contribution in [2.75, 3.05) is 13.1 Å². The summed E-state index contributed by atoms with van der Waals surface area (Å²) in [6.07, 6.45) is 7.32. The Kier molecular flexibility index (Phi) is 6.65. The molecule has 108 valence electrons. The quantitative estimate of drug-likeness (QED) is 0.760. The maximum Gasteiger partial charge on any atom is 0.0664 e. The molecule has 0 spiro atoms. The van der Waals surface area contributed by atoms with Crippen LogP contribution >= 0.6 is 0 Å². The fourth-order valence-corrected chi connectivity index (χ4v) is 3.12. The Balaban J connectivity index is 2.13. The molecule has 18 heavy (non-hydrogen) atoms. The van der Waals surface area contributed by atoms with Gasteiger partial charge >= 0.3 is 0 Å². The smallest absolute Gasteiger partial charge is 0.0664 e. The number of hydrogen-bond acceptors (Lipinski definition) is 2.